The summed E-state index contributed by atoms with van der Waals surface area (Å²) < 4.78 is 0. The zero-order chi connectivity index (χ0) is 11.6. The number of hydrogen-bond acceptors (Lipinski definition) is 4. The Kier molecular flexibility index (Phi) is 3.00. The van der Waals surface area contributed by atoms with Crippen LogP contribution in [0.4, 0.5) is 5.69 Å². The number of quaternary nitrogens is 1. The molecule has 7 nitrogen and oxygen atoms in total. The average molecular weight is 213 g/mol. The fourth-order valence-electron chi connectivity index (χ4n) is 0.998. The molecule has 1 rings (SSSR count). The molecule has 15 heavy (non-hydrogen) atoms. The predicted molar refractivity (Wildman–Crippen MR) is 46.1 cm³/mol. The number of rotatable bonds is 3. The predicted octanol–water partition coefficient (Wildman–Crippen LogP) is -0.514. The molecule has 1 aromatic rings. The molecular weight excluding hydrogens is 206 g/mol. The van der Waals surface area contributed by atoms with Gasteiger partial charge in [-0.1, -0.05) is 0 Å². The molecule has 7 heteroatoms. The molecule has 0 bridgehead atoms. The Labute approximate surface area is 83.3 Å². The van der Waals surface area contributed by atoms with Crippen molar-refractivity contribution in [1.82, 2.24) is 0 Å². The first-order valence-electron chi connectivity index (χ1n) is 3.77. The molecule has 0 amide bonds. The van der Waals surface area contributed by atoms with Gasteiger partial charge in [0, 0.05) is 12.1 Å². The number of hydrogen-bond donors (Lipinski definition) is 4. The fourth-order valence-corrected chi connectivity index (χ4v) is 0.998. The first-order valence-corrected chi connectivity index (χ1v) is 3.77. The molecule has 0 spiro atoms. The number of carboxylic acids is 2. The Bertz CT molecular complexity index is 381. The molecule has 0 heterocycles. The monoisotopic (exact) mass is 213 g/mol. The normalized spacial score (nSPS) is 12.1. The van der Waals surface area contributed by atoms with Crippen LogP contribution in [0.3, 0.4) is 0 Å². The number of nitrogens with one attached hydrogen (secondary N) is 1. The first-order chi connectivity index (χ1) is 6.91. The summed E-state index contributed by atoms with van der Waals surface area (Å²) in [6.07, 6.45) is 0. The maximum Gasteiger partial charge on any atom is 0.335 e. The Morgan fingerprint density at radius 1 is 1.07 bits per heavy atom. The molecule has 1 unspecified atom stereocenters. The van der Waals surface area contributed by atoms with E-state index < -0.39 is 17.2 Å². The summed E-state index contributed by atoms with van der Waals surface area (Å²) in [7, 11) is 0. The molecule has 1 atom stereocenters. The van der Waals surface area contributed by atoms with Crippen LogP contribution in [0.5, 0.6) is 0 Å². The van der Waals surface area contributed by atoms with Crippen molar-refractivity contribution in [2.45, 2.75) is 0 Å². The molecule has 0 aliphatic heterocycles. The van der Waals surface area contributed by atoms with Crippen molar-refractivity contribution in [3.8, 4) is 0 Å². The third-order valence-corrected chi connectivity index (χ3v) is 1.67. The standard InChI is InChI=1S/C8H7NO6/c10-7(11)4-1-5(8(12)13)3-6(2-4)9(14)15/h1-3,9,14H,(H,10,11)(H,12,13). The lowest BCUT2D eigenvalue weighted by atomic mass is 10.1. The van der Waals surface area contributed by atoms with Gasteiger partial charge < -0.3 is 15.4 Å². The van der Waals surface area contributed by atoms with Gasteiger partial charge in [-0.2, -0.15) is 5.23 Å². The smallest absolute Gasteiger partial charge is 0.335 e. The maximum atomic E-state index is 10.6. The van der Waals surface area contributed by atoms with Crippen LogP contribution in [0, 0.1) is 5.21 Å². The van der Waals surface area contributed by atoms with E-state index in [4.69, 9.17) is 15.4 Å². The topological polar surface area (TPSA) is 122 Å². The summed E-state index contributed by atoms with van der Waals surface area (Å²) >= 11 is 0. The third-order valence-electron chi connectivity index (χ3n) is 1.67. The summed E-state index contributed by atoms with van der Waals surface area (Å²) in [6, 6.07) is 2.70. The molecule has 0 aromatic heterocycles. The second kappa shape index (κ2) is 4.05. The van der Waals surface area contributed by atoms with Crippen LogP contribution >= 0.6 is 0 Å². The van der Waals surface area contributed by atoms with Crippen LogP contribution in [-0.2, 0) is 0 Å². The second-order valence-electron chi connectivity index (χ2n) is 2.71. The lowest BCUT2D eigenvalue weighted by molar-refractivity contribution is -0.991. The quantitative estimate of drug-likeness (QED) is 0.501. The highest BCUT2D eigenvalue weighted by Gasteiger charge is 2.14. The van der Waals surface area contributed by atoms with E-state index in [1.54, 1.807) is 0 Å². The van der Waals surface area contributed by atoms with E-state index in [1.807, 2.05) is 0 Å². The number of aromatic carboxylic acids is 2. The first kappa shape index (κ1) is 11.1. The summed E-state index contributed by atoms with van der Waals surface area (Å²) in [5.74, 6) is -2.75. The molecule has 0 aliphatic carbocycles. The van der Waals surface area contributed by atoms with Crippen molar-refractivity contribution in [3.63, 3.8) is 0 Å². The molecule has 0 saturated carbocycles. The highest BCUT2D eigenvalue weighted by atomic mass is 16.8. The molecule has 0 radical (unpaired) electrons. The van der Waals surface area contributed by atoms with Crippen molar-refractivity contribution in [1.29, 1.82) is 0 Å². The maximum absolute atomic E-state index is 10.6. The Morgan fingerprint density at radius 2 is 1.47 bits per heavy atom. The van der Waals surface area contributed by atoms with Gasteiger partial charge in [0.25, 0.3) is 0 Å². The lowest BCUT2D eigenvalue weighted by Crippen LogP contribution is -2.99. The minimum Gasteiger partial charge on any atom is -0.595 e. The van der Waals surface area contributed by atoms with Gasteiger partial charge in [-0.25, -0.2) is 14.8 Å². The van der Waals surface area contributed by atoms with E-state index in [9.17, 15) is 14.8 Å². The summed E-state index contributed by atoms with van der Waals surface area (Å²) in [6.45, 7) is 0. The van der Waals surface area contributed by atoms with E-state index >= 15 is 0 Å². The van der Waals surface area contributed by atoms with Crippen LogP contribution in [0.1, 0.15) is 20.7 Å². The molecule has 0 fully saturated rings. The van der Waals surface area contributed by atoms with Crippen molar-refractivity contribution in [2.75, 3.05) is 0 Å². The molecule has 80 valence electrons. The zero-order valence-electron chi connectivity index (χ0n) is 7.30. The largest absolute Gasteiger partial charge is 0.595 e. The highest BCUT2D eigenvalue weighted by Crippen LogP contribution is 2.11. The third kappa shape index (κ3) is 2.50. The van der Waals surface area contributed by atoms with E-state index in [0.717, 1.165) is 18.2 Å². The van der Waals surface area contributed by atoms with E-state index in [0.29, 0.717) is 0 Å². The molecule has 1 aromatic carbocycles. The van der Waals surface area contributed by atoms with Gasteiger partial charge in [0.2, 0.25) is 0 Å². The van der Waals surface area contributed by atoms with Gasteiger partial charge >= 0.3 is 11.9 Å². The van der Waals surface area contributed by atoms with Crippen molar-refractivity contribution in [2.24, 2.45) is 0 Å². The van der Waals surface area contributed by atoms with Gasteiger partial charge in [0.05, 0.1) is 11.1 Å². The van der Waals surface area contributed by atoms with E-state index in [1.165, 1.54) is 0 Å². The molecule has 4 N–H and O–H groups in total. The minimum absolute atomic E-state index is 0.368. The summed E-state index contributed by atoms with van der Waals surface area (Å²) in [4.78, 5) is 21.1. The number of carboxylic acid groups (broad SMARTS) is 2. The van der Waals surface area contributed by atoms with Crippen LogP contribution in [0.2, 0.25) is 0 Å². The Balaban J connectivity index is 3.32. The molecular formula is C8H7NO6. The fraction of sp³-hybridized carbons (Fsp3) is 0. The van der Waals surface area contributed by atoms with Gasteiger partial charge in [0.1, 0.15) is 0 Å². The van der Waals surface area contributed by atoms with Crippen LogP contribution in [-0.4, -0.2) is 27.4 Å². The number of carbonyl (C=O) groups is 2. The SMILES string of the molecule is O=C(O)c1cc(C(=O)O)cc([NH+]([O-])O)c1. The molecule has 0 aliphatic rings. The molecule has 0 saturated heterocycles. The number of benzene rings is 1. The van der Waals surface area contributed by atoms with Gasteiger partial charge in [-0.05, 0) is 6.07 Å². The highest BCUT2D eigenvalue weighted by molar-refractivity contribution is 5.94. The lowest BCUT2D eigenvalue weighted by Gasteiger charge is -2.12. The average Bonchev–Trinajstić information content (AvgIpc) is 2.16. The zero-order valence-corrected chi connectivity index (χ0v) is 7.30. The van der Waals surface area contributed by atoms with Gasteiger partial charge in [-0.3, -0.25) is 0 Å². The van der Waals surface area contributed by atoms with Crippen molar-refractivity contribution in [3.05, 3.63) is 34.5 Å². The Morgan fingerprint density at radius 3 is 1.73 bits per heavy atom. The summed E-state index contributed by atoms with van der Waals surface area (Å²) in [5.41, 5.74) is -1.10. The van der Waals surface area contributed by atoms with Crippen LogP contribution in [0.15, 0.2) is 18.2 Å². The van der Waals surface area contributed by atoms with Crippen molar-refractivity contribution >= 4 is 17.6 Å². The second-order valence-corrected chi connectivity index (χ2v) is 2.71. The van der Waals surface area contributed by atoms with E-state index in [2.05, 4.69) is 0 Å². The van der Waals surface area contributed by atoms with Crippen molar-refractivity contribution < 1.29 is 30.2 Å². The van der Waals surface area contributed by atoms with E-state index in [-0.39, 0.29) is 16.8 Å². The van der Waals surface area contributed by atoms with Gasteiger partial charge in [0.15, 0.2) is 5.69 Å². The van der Waals surface area contributed by atoms with Crippen LogP contribution < -0.4 is 5.23 Å². The van der Waals surface area contributed by atoms with Crippen LogP contribution in [0.25, 0.3) is 0 Å². The summed E-state index contributed by atoms with van der Waals surface area (Å²) in [5, 5.41) is 35.0. The van der Waals surface area contributed by atoms with Gasteiger partial charge in [-0.15, -0.1) is 0 Å². The minimum atomic E-state index is -1.37. The Hall–Kier alpha value is -1.96.